The second-order valence-electron chi connectivity index (χ2n) is 6.26. The van der Waals surface area contributed by atoms with Gasteiger partial charge in [0.15, 0.2) is 5.78 Å². The van der Waals surface area contributed by atoms with Crippen LogP contribution in [0.25, 0.3) is 5.69 Å². The van der Waals surface area contributed by atoms with Gasteiger partial charge in [0, 0.05) is 16.9 Å². The van der Waals surface area contributed by atoms with Crippen LogP contribution >= 0.6 is 11.8 Å². The Kier molecular flexibility index (Phi) is 5.91. The van der Waals surface area contributed by atoms with Gasteiger partial charge in [-0.1, -0.05) is 23.9 Å². The van der Waals surface area contributed by atoms with Gasteiger partial charge in [-0.3, -0.25) is 4.79 Å². The van der Waals surface area contributed by atoms with E-state index in [1.54, 1.807) is 17.7 Å². The second-order valence-corrected chi connectivity index (χ2v) is 7.21. The molecule has 0 saturated carbocycles. The molecule has 0 aliphatic carbocycles. The molecule has 0 radical (unpaired) electrons. The van der Waals surface area contributed by atoms with Gasteiger partial charge >= 0.3 is 0 Å². The van der Waals surface area contributed by atoms with Gasteiger partial charge in [0.25, 0.3) is 0 Å². The summed E-state index contributed by atoms with van der Waals surface area (Å²) >= 11 is 1.51. The Morgan fingerprint density at radius 2 is 2.00 bits per heavy atom. The number of Topliss-reactive ketones (excluding diaryl/α,β-unsaturated/α-hetero) is 1. The zero-order chi connectivity index (χ0) is 19.4. The van der Waals surface area contributed by atoms with E-state index in [1.807, 2.05) is 32.9 Å². The number of aryl methyl sites for hydroxylation is 2. The van der Waals surface area contributed by atoms with Crippen molar-refractivity contribution in [2.24, 2.45) is 0 Å². The van der Waals surface area contributed by atoms with Crippen LogP contribution in [0.3, 0.4) is 0 Å². The minimum atomic E-state index is 0.0320. The Balaban J connectivity index is 1.88. The first-order valence-corrected chi connectivity index (χ1v) is 9.73. The van der Waals surface area contributed by atoms with E-state index < -0.39 is 0 Å². The maximum Gasteiger partial charge on any atom is 0.214 e. The summed E-state index contributed by atoms with van der Waals surface area (Å²) in [5.74, 6) is 1.41. The van der Waals surface area contributed by atoms with E-state index in [9.17, 15) is 4.79 Å². The second kappa shape index (κ2) is 8.35. The summed E-state index contributed by atoms with van der Waals surface area (Å²) in [5, 5.41) is 12.9. The molecule has 6 nitrogen and oxygen atoms in total. The molecule has 0 aliphatic rings. The predicted octanol–water partition coefficient (Wildman–Crippen LogP) is 4.17. The number of tetrazole rings is 1. The van der Waals surface area contributed by atoms with Crippen LogP contribution in [0.5, 0.6) is 5.75 Å². The van der Waals surface area contributed by atoms with Crippen LogP contribution in [0.2, 0.25) is 0 Å². The normalized spacial score (nSPS) is 10.8. The third-order valence-corrected chi connectivity index (χ3v) is 5.13. The van der Waals surface area contributed by atoms with Crippen LogP contribution < -0.4 is 4.74 Å². The third-order valence-electron chi connectivity index (χ3n) is 4.16. The van der Waals surface area contributed by atoms with Crippen LogP contribution in [0, 0.1) is 13.8 Å². The summed E-state index contributed by atoms with van der Waals surface area (Å²) in [6, 6.07) is 11.7. The van der Waals surface area contributed by atoms with Crippen molar-refractivity contribution in [2.45, 2.75) is 38.6 Å². The molecule has 0 bridgehead atoms. The van der Waals surface area contributed by atoms with E-state index in [4.69, 9.17) is 4.74 Å². The molecule has 1 heterocycles. The van der Waals surface area contributed by atoms with E-state index in [-0.39, 0.29) is 5.78 Å². The molecule has 140 valence electrons. The maximum absolute atomic E-state index is 11.7. The average molecular weight is 382 g/mol. The Labute approximate surface area is 162 Å². The zero-order valence-electron chi connectivity index (χ0n) is 15.9. The lowest BCUT2D eigenvalue weighted by Gasteiger charge is -2.12. The Morgan fingerprint density at radius 3 is 2.74 bits per heavy atom. The highest BCUT2D eigenvalue weighted by Gasteiger charge is 2.14. The molecule has 0 N–H and O–H groups in total. The molecule has 0 saturated heterocycles. The van der Waals surface area contributed by atoms with Gasteiger partial charge in [-0.25, -0.2) is 0 Å². The van der Waals surface area contributed by atoms with Crippen molar-refractivity contribution in [3.8, 4) is 11.4 Å². The number of thioether (sulfide) groups is 1. The van der Waals surface area contributed by atoms with Crippen molar-refractivity contribution < 1.29 is 9.53 Å². The molecule has 0 unspecified atom stereocenters. The Morgan fingerprint density at radius 1 is 1.19 bits per heavy atom. The fourth-order valence-corrected chi connectivity index (χ4v) is 3.58. The summed E-state index contributed by atoms with van der Waals surface area (Å²) in [6.45, 7) is 8.15. The number of carbonyl (C=O) groups excluding carboxylic acids is 1. The van der Waals surface area contributed by atoms with Crippen LogP contribution in [0.15, 0.2) is 41.6 Å². The van der Waals surface area contributed by atoms with Gasteiger partial charge in [-0.05, 0) is 73.5 Å². The molecule has 7 heteroatoms. The quantitative estimate of drug-likeness (QED) is 0.451. The highest BCUT2D eigenvalue weighted by molar-refractivity contribution is 7.98. The molecule has 0 spiro atoms. The lowest BCUT2D eigenvalue weighted by molar-refractivity contribution is 0.101. The van der Waals surface area contributed by atoms with E-state index >= 15 is 0 Å². The molecule has 0 amide bonds. The molecular weight excluding hydrogens is 360 g/mol. The van der Waals surface area contributed by atoms with Crippen molar-refractivity contribution in [3.05, 3.63) is 58.7 Å². The minimum Gasteiger partial charge on any atom is -0.494 e. The van der Waals surface area contributed by atoms with Crippen LogP contribution in [-0.2, 0) is 5.75 Å². The number of hydrogen-bond donors (Lipinski definition) is 0. The molecule has 3 aromatic rings. The molecular formula is C20H22N4O2S. The molecule has 27 heavy (non-hydrogen) atoms. The largest absolute Gasteiger partial charge is 0.494 e. The predicted molar refractivity (Wildman–Crippen MR) is 106 cm³/mol. The van der Waals surface area contributed by atoms with Crippen molar-refractivity contribution in [3.63, 3.8) is 0 Å². The summed E-state index contributed by atoms with van der Waals surface area (Å²) in [7, 11) is 0. The van der Waals surface area contributed by atoms with Gasteiger partial charge in [0.05, 0.1) is 12.3 Å². The van der Waals surface area contributed by atoms with Crippen molar-refractivity contribution in [1.29, 1.82) is 0 Å². The molecule has 3 rings (SSSR count). The van der Waals surface area contributed by atoms with Crippen molar-refractivity contribution in [1.82, 2.24) is 20.2 Å². The molecule has 0 fully saturated rings. The highest BCUT2D eigenvalue weighted by atomic mass is 32.2. The zero-order valence-corrected chi connectivity index (χ0v) is 16.7. The minimum absolute atomic E-state index is 0.0320. The number of hydrogen-bond acceptors (Lipinski definition) is 6. The number of benzene rings is 2. The van der Waals surface area contributed by atoms with E-state index in [1.165, 1.54) is 11.8 Å². The Hall–Kier alpha value is -2.67. The number of ether oxygens (including phenoxy) is 1. The molecule has 0 aliphatic heterocycles. The number of carbonyl (C=O) groups is 1. The van der Waals surface area contributed by atoms with E-state index in [0.717, 1.165) is 28.1 Å². The summed E-state index contributed by atoms with van der Waals surface area (Å²) < 4.78 is 7.46. The highest BCUT2D eigenvalue weighted by Crippen LogP contribution is 2.29. The monoisotopic (exact) mass is 382 g/mol. The number of ketones is 1. The number of aromatic nitrogens is 4. The van der Waals surface area contributed by atoms with Crippen LogP contribution in [0.4, 0.5) is 0 Å². The lowest BCUT2D eigenvalue weighted by atomic mass is 10.1. The van der Waals surface area contributed by atoms with Gasteiger partial charge in [0.1, 0.15) is 5.75 Å². The first-order valence-electron chi connectivity index (χ1n) is 8.75. The van der Waals surface area contributed by atoms with E-state index in [0.29, 0.717) is 23.1 Å². The number of nitrogens with zero attached hydrogens (tertiary/aromatic N) is 4. The van der Waals surface area contributed by atoms with Crippen molar-refractivity contribution >= 4 is 17.5 Å². The van der Waals surface area contributed by atoms with E-state index in [2.05, 4.69) is 33.7 Å². The SMILES string of the molecule is CCOc1ccc(C(C)=O)cc1CSc1nnnn1-c1cc(C)ccc1C. The summed E-state index contributed by atoms with van der Waals surface area (Å²) in [4.78, 5) is 11.7. The number of rotatable bonds is 7. The summed E-state index contributed by atoms with van der Waals surface area (Å²) in [5.41, 5.74) is 4.83. The standard InChI is InChI=1S/C20H22N4O2S/c1-5-26-19-9-8-16(15(4)25)11-17(19)12-27-20-21-22-23-24(20)18-10-13(2)6-7-14(18)3/h6-11H,5,12H2,1-4H3. The first-order chi connectivity index (χ1) is 13.0. The van der Waals surface area contributed by atoms with Gasteiger partial charge in [-0.2, -0.15) is 4.68 Å². The first kappa shape index (κ1) is 19.1. The van der Waals surface area contributed by atoms with Gasteiger partial charge in [0.2, 0.25) is 5.16 Å². The van der Waals surface area contributed by atoms with Gasteiger partial charge in [-0.15, -0.1) is 5.10 Å². The van der Waals surface area contributed by atoms with Crippen LogP contribution in [0.1, 0.15) is 40.9 Å². The third kappa shape index (κ3) is 4.36. The molecule has 2 aromatic carbocycles. The fraction of sp³-hybridized carbons (Fsp3) is 0.300. The smallest absolute Gasteiger partial charge is 0.214 e. The summed E-state index contributed by atoms with van der Waals surface area (Å²) in [6.07, 6.45) is 0. The maximum atomic E-state index is 11.7. The topological polar surface area (TPSA) is 69.9 Å². The molecule has 0 atom stereocenters. The van der Waals surface area contributed by atoms with Gasteiger partial charge < -0.3 is 4.74 Å². The molecule has 1 aromatic heterocycles. The fourth-order valence-electron chi connectivity index (χ4n) is 2.72. The van der Waals surface area contributed by atoms with Crippen LogP contribution in [-0.4, -0.2) is 32.6 Å². The lowest BCUT2D eigenvalue weighted by Crippen LogP contribution is -2.03. The Bertz CT molecular complexity index is 968. The average Bonchev–Trinajstić information content (AvgIpc) is 3.11. The van der Waals surface area contributed by atoms with Crippen molar-refractivity contribution in [2.75, 3.05) is 6.61 Å².